The molecule has 3 amide bonds. The van der Waals surface area contributed by atoms with E-state index in [0.29, 0.717) is 54.9 Å². The second kappa shape index (κ2) is 17.1. The maximum atomic E-state index is 13.5. The topological polar surface area (TPSA) is 108 Å². The van der Waals surface area contributed by atoms with Crippen LogP contribution in [0, 0.1) is 11.8 Å². The number of sulfonamides is 1. The molecule has 1 fully saturated rings. The average Bonchev–Trinajstić information content (AvgIpc) is 2.92. The zero-order chi connectivity index (χ0) is 30.5. The Bertz CT molecular complexity index is 1250. The van der Waals surface area contributed by atoms with Crippen LogP contribution in [0.25, 0.3) is 0 Å². The number of anilines is 1. The Morgan fingerprint density at radius 2 is 1.71 bits per heavy atom. The van der Waals surface area contributed by atoms with E-state index in [1.165, 1.54) is 24.6 Å². The van der Waals surface area contributed by atoms with Crippen molar-refractivity contribution in [2.75, 3.05) is 25.0 Å². The molecule has 1 aliphatic rings. The minimum atomic E-state index is -3.79. The average molecular weight is 640 g/mol. The third-order valence-corrected chi connectivity index (χ3v) is 9.61. The summed E-state index contributed by atoms with van der Waals surface area (Å²) in [6, 6.07) is 13.0. The summed E-state index contributed by atoms with van der Waals surface area (Å²) in [6.45, 7) is 5.27. The second-order valence-corrected chi connectivity index (χ2v) is 14.1. The second-order valence-electron chi connectivity index (χ2n) is 11.5. The van der Waals surface area contributed by atoms with Gasteiger partial charge in [-0.3, -0.25) is 4.79 Å². The molecule has 0 saturated heterocycles. The summed E-state index contributed by atoms with van der Waals surface area (Å²) >= 11 is 12.0. The minimum Gasteiger partial charge on any atom is -0.341 e. The highest BCUT2D eigenvalue weighted by Crippen LogP contribution is 2.27. The van der Waals surface area contributed by atoms with Crippen molar-refractivity contribution in [3.05, 3.63) is 58.6 Å². The Morgan fingerprint density at radius 3 is 2.38 bits per heavy atom. The van der Waals surface area contributed by atoms with Crippen LogP contribution in [0.2, 0.25) is 10.0 Å². The van der Waals surface area contributed by atoms with Crippen molar-refractivity contribution in [1.29, 1.82) is 0 Å². The predicted molar refractivity (Wildman–Crippen MR) is 170 cm³/mol. The van der Waals surface area contributed by atoms with E-state index < -0.39 is 10.0 Å². The number of benzene rings is 2. The molecule has 0 aromatic heterocycles. The van der Waals surface area contributed by atoms with Crippen molar-refractivity contribution in [1.82, 2.24) is 14.9 Å². The molecule has 232 valence electrons. The molecule has 1 saturated carbocycles. The molecule has 2 aromatic rings. The quantitative estimate of drug-likeness (QED) is 0.181. The van der Waals surface area contributed by atoms with E-state index in [4.69, 9.17) is 23.2 Å². The first kappa shape index (κ1) is 34.2. The van der Waals surface area contributed by atoms with E-state index in [-0.39, 0.29) is 34.4 Å². The van der Waals surface area contributed by atoms with Crippen LogP contribution in [-0.2, 0) is 14.8 Å². The normalized spacial score (nSPS) is 14.9. The molecule has 0 bridgehead atoms. The van der Waals surface area contributed by atoms with Crippen LogP contribution in [0.3, 0.4) is 0 Å². The molecule has 2 aromatic carbocycles. The van der Waals surface area contributed by atoms with Gasteiger partial charge in [-0.1, -0.05) is 74.5 Å². The first-order valence-corrected chi connectivity index (χ1v) is 17.1. The van der Waals surface area contributed by atoms with Crippen molar-refractivity contribution >= 4 is 50.9 Å². The number of amides is 3. The van der Waals surface area contributed by atoms with Crippen molar-refractivity contribution in [3.8, 4) is 0 Å². The Morgan fingerprint density at radius 1 is 1.00 bits per heavy atom. The summed E-state index contributed by atoms with van der Waals surface area (Å²) < 4.78 is 28.0. The standard InChI is InChI=1S/C31H44Cl2N4O4S/c1-23(2)19-27(36-31(39)35-26-13-7-4-8-14-26)22-37(30(38)20-24-11-5-3-6-12-24)18-10-9-17-34-42(40,41)29-16-15-25(32)21-28(29)33/h4,7-8,13-16,21,23-24,27,34H,3,5-6,9-12,17-20,22H2,1-2H3,(H2,35,36,39)/t27-/m0/s1. The Hall–Kier alpha value is -2.33. The van der Waals surface area contributed by atoms with Gasteiger partial charge in [0.2, 0.25) is 15.9 Å². The van der Waals surface area contributed by atoms with E-state index >= 15 is 0 Å². The van der Waals surface area contributed by atoms with Crippen LogP contribution in [0.15, 0.2) is 53.4 Å². The van der Waals surface area contributed by atoms with Crippen molar-refractivity contribution in [2.24, 2.45) is 11.8 Å². The molecule has 8 nitrogen and oxygen atoms in total. The van der Waals surface area contributed by atoms with Gasteiger partial charge in [-0.2, -0.15) is 0 Å². The predicted octanol–water partition coefficient (Wildman–Crippen LogP) is 7.09. The summed E-state index contributed by atoms with van der Waals surface area (Å²) in [5.41, 5.74) is 0.700. The first-order valence-electron chi connectivity index (χ1n) is 14.9. The van der Waals surface area contributed by atoms with Gasteiger partial charge in [0.25, 0.3) is 0 Å². The number of hydrogen-bond donors (Lipinski definition) is 3. The van der Waals surface area contributed by atoms with Crippen molar-refractivity contribution < 1.29 is 18.0 Å². The van der Waals surface area contributed by atoms with Crippen LogP contribution in [0.4, 0.5) is 10.5 Å². The van der Waals surface area contributed by atoms with Gasteiger partial charge in [-0.05, 0) is 74.3 Å². The van der Waals surface area contributed by atoms with Crippen molar-refractivity contribution in [3.63, 3.8) is 0 Å². The van der Waals surface area contributed by atoms with Gasteiger partial charge in [0.05, 0.1) is 5.02 Å². The highest BCUT2D eigenvalue weighted by molar-refractivity contribution is 7.89. The lowest BCUT2D eigenvalue weighted by Gasteiger charge is -2.31. The van der Waals surface area contributed by atoms with Gasteiger partial charge in [0.1, 0.15) is 4.90 Å². The largest absolute Gasteiger partial charge is 0.341 e. The number of hydrogen-bond acceptors (Lipinski definition) is 4. The fraction of sp³-hybridized carbons (Fsp3) is 0.548. The van der Waals surface area contributed by atoms with E-state index in [0.717, 1.165) is 32.1 Å². The molecule has 3 N–H and O–H groups in total. The van der Waals surface area contributed by atoms with E-state index in [9.17, 15) is 18.0 Å². The molecule has 42 heavy (non-hydrogen) atoms. The Labute approximate surface area is 261 Å². The summed E-state index contributed by atoms with van der Waals surface area (Å²) in [6.07, 6.45) is 8.06. The lowest BCUT2D eigenvalue weighted by Crippen LogP contribution is -2.48. The summed E-state index contributed by atoms with van der Waals surface area (Å²) in [4.78, 5) is 28.2. The van der Waals surface area contributed by atoms with Crippen LogP contribution in [0.1, 0.15) is 71.6 Å². The number of urea groups is 1. The number of rotatable bonds is 15. The van der Waals surface area contributed by atoms with E-state index in [1.807, 2.05) is 35.2 Å². The number of nitrogens with zero attached hydrogens (tertiary/aromatic N) is 1. The monoisotopic (exact) mass is 638 g/mol. The molecule has 3 rings (SSSR count). The molecule has 1 aliphatic carbocycles. The number of carbonyl (C=O) groups is 2. The summed E-state index contributed by atoms with van der Waals surface area (Å²) in [5, 5.41) is 6.38. The molecule has 0 unspecified atom stereocenters. The molecule has 0 aliphatic heterocycles. The highest BCUT2D eigenvalue weighted by Gasteiger charge is 2.25. The molecular formula is C31H44Cl2N4O4S. The fourth-order valence-electron chi connectivity index (χ4n) is 5.38. The fourth-order valence-corrected chi connectivity index (χ4v) is 7.22. The Balaban J connectivity index is 1.61. The van der Waals surface area contributed by atoms with Gasteiger partial charge >= 0.3 is 6.03 Å². The van der Waals surface area contributed by atoms with Gasteiger partial charge in [-0.15, -0.1) is 0 Å². The zero-order valence-corrected chi connectivity index (χ0v) is 26.9. The van der Waals surface area contributed by atoms with Gasteiger partial charge < -0.3 is 15.5 Å². The number of unbranched alkanes of at least 4 members (excludes halogenated alkanes) is 1. The third kappa shape index (κ3) is 11.7. The molecule has 0 spiro atoms. The minimum absolute atomic E-state index is 0.0192. The van der Waals surface area contributed by atoms with E-state index in [1.54, 1.807) is 0 Å². The van der Waals surface area contributed by atoms with Crippen LogP contribution in [0.5, 0.6) is 0 Å². The SMILES string of the molecule is CC(C)C[C@@H](CN(CCCCNS(=O)(=O)c1ccc(Cl)cc1Cl)C(=O)CC1CCCCC1)NC(=O)Nc1ccccc1. The molecule has 1 atom stereocenters. The van der Waals surface area contributed by atoms with Crippen LogP contribution >= 0.6 is 23.2 Å². The Kier molecular flexibility index (Phi) is 13.9. The molecule has 0 radical (unpaired) electrons. The molecule has 0 heterocycles. The summed E-state index contributed by atoms with van der Waals surface area (Å²) in [7, 11) is -3.79. The number of nitrogens with one attached hydrogen (secondary N) is 3. The molecular weight excluding hydrogens is 595 g/mol. The van der Waals surface area contributed by atoms with E-state index in [2.05, 4.69) is 29.2 Å². The number of carbonyl (C=O) groups excluding carboxylic acids is 2. The third-order valence-electron chi connectivity index (χ3n) is 7.43. The smallest absolute Gasteiger partial charge is 0.319 e. The summed E-state index contributed by atoms with van der Waals surface area (Å²) in [5.74, 6) is 0.799. The van der Waals surface area contributed by atoms with Crippen molar-refractivity contribution in [2.45, 2.75) is 82.6 Å². The molecule has 11 heteroatoms. The first-order chi connectivity index (χ1) is 20.0. The maximum absolute atomic E-state index is 13.5. The number of para-hydroxylation sites is 1. The highest BCUT2D eigenvalue weighted by atomic mass is 35.5. The lowest BCUT2D eigenvalue weighted by atomic mass is 9.86. The van der Waals surface area contributed by atoms with Crippen LogP contribution < -0.4 is 15.4 Å². The van der Waals surface area contributed by atoms with Crippen LogP contribution in [-0.4, -0.2) is 50.9 Å². The zero-order valence-electron chi connectivity index (χ0n) is 24.6. The number of halogens is 2. The lowest BCUT2D eigenvalue weighted by molar-refractivity contribution is -0.133. The maximum Gasteiger partial charge on any atom is 0.319 e. The van der Waals surface area contributed by atoms with Gasteiger partial charge in [0, 0.05) is 42.8 Å². The van der Waals surface area contributed by atoms with Gasteiger partial charge in [-0.25, -0.2) is 17.9 Å². The van der Waals surface area contributed by atoms with Gasteiger partial charge in [0.15, 0.2) is 0 Å².